The first-order valence-electron chi connectivity index (χ1n) is 7.61. The van der Waals surface area contributed by atoms with E-state index in [4.69, 9.17) is 0 Å². The van der Waals surface area contributed by atoms with Crippen molar-refractivity contribution in [2.24, 2.45) is 0 Å². The van der Waals surface area contributed by atoms with Crippen LogP contribution in [0.15, 0.2) is 24.5 Å². The second-order valence-corrected chi connectivity index (χ2v) is 6.95. The van der Waals surface area contributed by atoms with Crippen LogP contribution in [0.4, 0.5) is 0 Å². The van der Waals surface area contributed by atoms with Gasteiger partial charge in [-0.05, 0) is 32.5 Å². The first-order chi connectivity index (χ1) is 9.54. The predicted octanol–water partition coefficient (Wildman–Crippen LogP) is 1.29. The van der Waals surface area contributed by atoms with Gasteiger partial charge in [0.2, 0.25) is 0 Å². The Kier molecular flexibility index (Phi) is 3.80. The van der Waals surface area contributed by atoms with Gasteiger partial charge in [-0.3, -0.25) is 14.8 Å². The number of pyridine rings is 1. The van der Waals surface area contributed by atoms with Crippen LogP contribution in [0.1, 0.15) is 19.4 Å². The van der Waals surface area contributed by atoms with E-state index in [1.165, 1.54) is 38.3 Å². The summed E-state index contributed by atoms with van der Waals surface area (Å²) in [6.45, 7) is 11.7. The molecule has 2 fully saturated rings. The van der Waals surface area contributed by atoms with Crippen molar-refractivity contribution in [3.05, 3.63) is 30.1 Å². The molecule has 3 heterocycles. The Bertz CT molecular complexity index is 445. The van der Waals surface area contributed by atoms with Crippen molar-refractivity contribution in [2.45, 2.75) is 32.0 Å². The van der Waals surface area contributed by atoms with Gasteiger partial charge < -0.3 is 4.90 Å². The predicted molar refractivity (Wildman–Crippen MR) is 81.6 cm³/mol. The number of likely N-dealkylation sites (N-methyl/N-ethyl adjacent to an activating group) is 1. The lowest BCUT2D eigenvalue weighted by atomic mass is 9.93. The Morgan fingerprint density at radius 1 is 1.30 bits per heavy atom. The average Bonchev–Trinajstić information content (AvgIpc) is 2.38. The molecule has 2 aliphatic rings. The summed E-state index contributed by atoms with van der Waals surface area (Å²) in [6, 6.07) is 4.87. The van der Waals surface area contributed by atoms with E-state index in [1.54, 1.807) is 0 Å². The molecular formula is C16H26N4. The van der Waals surface area contributed by atoms with E-state index in [2.05, 4.69) is 46.6 Å². The van der Waals surface area contributed by atoms with Gasteiger partial charge >= 0.3 is 0 Å². The molecule has 110 valence electrons. The normalized spacial score (nSPS) is 28.2. The van der Waals surface area contributed by atoms with Crippen LogP contribution in [0.3, 0.4) is 0 Å². The maximum atomic E-state index is 4.22. The number of fused-ring (bicyclic) bond motifs is 1. The number of hydrogen-bond acceptors (Lipinski definition) is 4. The smallest absolute Gasteiger partial charge is 0.0356 e. The minimum Gasteiger partial charge on any atom is -0.303 e. The molecule has 2 saturated heterocycles. The van der Waals surface area contributed by atoms with E-state index < -0.39 is 0 Å². The summed E-state index contributed by atoms with van der Waals surface area (Å²) in [5.41, 5.74) is 1.63. The maximum absolute atomic E-state index is 4.22. The van der Waals surface area contributed by atoms with Crippen LogP contribution in [0.5, 0.6) is 0 Å². The molecule has 0 radical (unpaired) electrons. The van der Waals surface area contributed by atoms with Gasteiger partial charge in [-0.25, -0.2) is 0 Å². The highest BCUT2D eigenvalue weighted by Gasteiger charge is 2.41. The van der Waals surface area contributed by atoms with Crippen LogP contribution in [0.2, 0.25) is 0 Å². The van der Waals surface area contributed by atoms with Crippen molar-refractivity contribution in [3.8, 4) is 0 Å². The minimum atomic E-state index is 0.304. The molecule has 1 atom stereocenters. The molecule has 0 N–H and O–H groups in total. The van der Waals surface area contributed by atoms with Crippen molar-refractivity contribution in [1.29, 1.82) is 0 Å². The molecule has 0 amide bonds. The Morgan fingerprint density at radius 3 is 2.90 bits per heavy atom. The monoisotopic (exact) mass is 274 g/mol. The van der Waals surface area contributed by atoms with Gasteiger partial charge in [-0.15, -0.1) is 0 Å². The summed E-state index contributed by atoms with van der Waals surface area (Å²) in [4.78, 5) is 12.0. The lowest BCUT2D eigenvalue weighted by Crippen LogP contribution is -2.68. The van der Waals surface area contributed by atoms with Crippen molar-refractivity contribution >= 4 is 0 Å². The fourth-order valence-corrected chi connectivity index (χ4v) is 3.94. The van der Waals surface area contributed by atoms with E-state index >= 15 is 0 Å². The molecule has 4 nitrogen and oxygen atoms in total. The molecule has 4 heteroatoms. The number of nitrogens with zero attached hydrogens (tertiary/aromatic N) is 4. The Hall–Kier alpha value is -0.970. The molecule has 3 rings (SSSR count). The summed E-state index contributed by atoms with van der Waals surface area (Å²) in [7, 11) is 2.25. The van der Waals surface area contributed by atoms with E-state index in [0.717, 1.165) is 6.54 Å². The average molecular weight is 274 g/mol. The summed E-state index contributed by atoms with van der Waals surface area (Å²) >= 11 is 0. The third kappa shape index (κ3) is 2.87. The van der Waals surface area contributed by atoms with Crippen molar-refractivity contribution < 1.29 is 0 Å². The number of rotatable bonds is 2. The molecule has 0 aromatic carbocycles. The van der Waals surface area contributed by atoms with Crippen LogP contribution in [0.25, 0.3) is 0 Å². The summed E-state index contributed by atoms with van der Waals surface area (Å²) in [5.74, 6) is 0. The highest BCUT2D eigenvalue weighted by molar-refractivity contribution is 5.09. The standard InChI is InChI=1S/C16H26N4/c1-16(2)13-18(3)11-15-12-19(7-8-20(15)16)10-14-5-4-6-17-9-14/h4-6,9,15H,7-8,10-13H2,1-3H3. The molecule has 1 unspecified atom stereocenters. The first kappa shape index (κ1) is 14.0. The molecule has 0 aliphatic carbocycles. The van der Waals surface area contributed by atoms with Gasteiger partial charge in [-0.1, -0.05) is 6.07 Å². The summed E-state index contributed by atoms with van der Waals surface area (Å²) < 4.78 is 0. The van der Waals surface area contributed by atoms with E-state index in [0.29, 0.717) is 11.6 Å². The zero-order chi connectivity index (χ0) is 14.2. The lowest BCUT2D eigenvalue weighted by Gasteiger charge is -2.55. The number of aromatic nitrogens is 1. The van der Waals surface area contributed by atoms with Gasteiger partial charge in [0.05, 0.1) is 0 Å². The highest BCUT2D eigenvalue weighted by Crippen LogP contribution is 2.27. The maximum Gasteiger partial charge on any atom is 0.0356 e. The first-order valence-corrected chi connectivity index (χ1v) is 7.61. The molecule has 0 spiro atoms. The van der Waals surface area contributed by atoms with Gasteiger partial charge in [0.1, 0.15) is 0 Å². The second-order valence-electron chi connectivity index (χ2n) is 6.95. The Morgan fingerprint density at radius 2 is 2.15 bits per heavy atom. The van der Waals surface area contributed by atoms with Crippen molar-refractivity contribution in [3.63, 3.8) is 0 Å². The molecule has 0 saturated carbocycles. The molecule has 1 aromatic heterocycles. The van der Waals surface area contributed by atoms with Crippen LogP contribution >= 0.6 is 0 Å². The number of piperazine rings is 2. The van der Waals surface area contributed by atoms with Crippen LogP contribution in [-0.4, -0.2) is 71.0 Å². The van der Waals surface area contributed by atoms with Gasteiger partial charge in [0, 0.05) is 63.2 Å². The zero-order valence-corrected chi connectivity index (χ0v) is 12.9. The van der Waals surface area contributed by atoms with Crippen LogP contribution < -0.4 is 0 Å². The fourth-order valence-electron chi connectivity index (χ4n) is 3.94. The van der Waals surface area contributed by atoms with Gasteiger partial charge in [0.15, 0.2) is 0 Å². The van der Waals surface area contributed by atoms with Crippen molar-refractivity contribution in [2.75, 3.05) is 39.8 Å². The third-order valence-electron chi connectivity index (χ3n) is 4.65. The lowest BCUT2D eigenvalue weighted by molar-refractivity contribution is -0.0592. The highest BCUT2D eigenvalue weighted by atomic mass is 15.4. The van der Waals surface area contributed by atoms with Crippen LogP contribution in [-0.2, 0) is 6.54 Å². The zero-order valence-electron chi connectivity index (χ0n) is 12.9. The van der Waals surface area contributed by atoms with E-state index in [1.807, 2.05) is 18.5 Å². The fraction of sp³-hybridized carbons (Fsp3) is 0.688. The SMILES string of the molecule is CN1CC2CN(Cc3cccnc3)CCN2C(C)(C)C1. The van der Waals surface area contributed by atoms with Crippen molar-refractivity contribution in [1.82, 2.24) is 19.7 Å². The quantitative estimate of drug-likeness (QED) is 0.810. The summed E-state index contributed by atoms with van der Waals surface area (Å²) in [6.07, 6.45) is 3.84. The van der Waals surface area contributed by atoms with Gasteiger partial charge in [0.25, 0.3) is 0 Å². The van der Waals surface area contributed by atoms with Crippen LogP contribution in [0, 0.1) is 0 Å². The van der Waals surface area contributed by atoms with E-state index in [9.17, 15) is 0 Å². The van der Waals surface area contributed by atoms with Gasteiger partial charge in [-0.2, -0.15) is 0 Å². The molecular weight excluding hydrogens is 248 g/mol. The summed E-state index contributed by atoms with van der Waals surface area (Å²) in [5, 5.41) is 0. The molecule has 20 heavy (non-hydrogen) atoms. The Balaban J connectivity index is 1.66. The molecule has 2 aliphatic heterocycles. The minimum absolute atomic E-state index is 0.304. The second kappa shape index (κ2) is 5.43. The molecule has 1 aromatic rings. The number of hydrogen-bond donors (Lipinski definition) is 0. The topological polar surface area (TPSA) is 22.6 Å². The Labute approximate surface area is 122 Å². The largest absolute Gasteiger partial charge is 0.303 e. The third-order valence-corrected chi connectivity index (χ3v) is 4.65. The van der Waals surface area contributed by atoms with E-state index in [-0.39, 0.29) is 0 Å². The molecule has 0 bridgehead atoms.